The highest BCUT2D eigenvalue weighted by molar-refractivity contribution is 6.02. The number of anilines is 1. The summed E-state index contributed by atoms with van der Waals surface area (Å²) in [7, 11) is 0. The zero-order chi connectivity index (χ0) is 10.7. The van der Waals surface area contributed by atoms with Gasteiger partial charge in [-0.2, -0.15) is 0 Å². The maximum absolute atomic E-state index is 11.5. The molecule has 6 nitrogen and oxygen atoms in total. The molecular formula is C9H8N4O2. The van der Waals surface area contributed by atoms with E-state index >= 15 is 0 Å². The highest BCUT2D eigenvalue weighted by Gasteiger charge is 2.07. The van der Waals surface area contributed by atoms with Crippen molar-refractivity contribution in [1.82, 2.24) is 15.0 Å². The van der Waals surface area contributed by atoms with Gasteiger partial charge in [0.1, 0.15) is 5.69 Å². The summed E-state index contributed by atoms with van der Waals surface area (Å²) in [6.45, 7) is 0. The van der Waals surface area contributed by atoms with Gasteiger partial charge in [-0.25, -0.2) is 4.79 Å². The first kappa shape index (κ1) is 9.20. The molecule has 0 fully saturated rings. The van der Waals surface area contributed by atoms with Gasteiger partial charge in [-0.15, -0.1) is 0 Å². The Bertz CT molecular complexity index is 514. The molecule has 2 heterocycles. The monoisotopic (exact) mass is 204 g/mol. The summed E-state index contributed by atoms with van der Waals surface area (Å²) in [5.74, 6) is -0.388. The van der Waals surface area contributed by atoms with Gasteiger partial charge in [0.05, 0.1) is 11.9 Å². The van der Waals surface area contributed by atoms with Crippen LogP contribution in [-0.4, -0.2) is 20.9 Å². The van der Waals surface area contributed by atoms with Crippen LogP contribution in [0, 0.1) is 0 Å². The molecule has 2 aromatic heterocycles. The summed E-state index contributed by atoms with van der Waals surface area (Å²) < 4.78 is 0. The summed E-state index contributed by atoms with van der Waals surface area (Å²) in [5, 5.41) is 2.58. The van der Waals surface area contributed by atoms with Crippen molar-refractivity contribution >= 4 is 11.6 Å². The SMILES string of the molecule is O=C(Nc1cccnc1)c1c[nH]c(=O)[nH]1. The zero-order valence-electron chi connectivity index (χ0n) is 7.65. The fourth-order valence-electron chi connectivity index (χ4n) is 1.09. The van der Waals surface area contributed by atoms with Crippen molar-refractivity contribution < 1.29 is 4.79 Å². The maximum Gasteiger partial charge on any atom is 0.323 e. The molecule has 76 valence electrons. The molecule has 0 bridgehead atoms. The summed E-state index contributed by atoms with van der Waals surface area (Å²) in [5.41, 5.74) is 0.347. The Morgan fingerprint density at radius 3 is 2.93 bits per heavy atom. The van der Waals surface area contributed by atoms with Gasteiger partial charge in [-0.1, -0.05) is 0 Å². The third-order valence-corrected chi connectivity index (χ3v) is 1.76. The van der Waals surface area contributed by atoms with E-state index in [9.17, 15) is 9.59 Å². The van der Waals surface area contributed by atoms with E-state index in [1.165, 1.54) is 12.4 Å². The average Bonchev–Trinajstić information content (AvgIpc) is 2.66. The lowest BCUT2D eigenvalue weighted by molar-refractivity contribution is 0.102. The number of carbonyl (C=O) groups excluding carboxylic acids is 1. The van der Waals surface area contributed by atoms with Gasteiger partial charge in [0.2, 0.25) is 0 Å². The molecule has 0 aliphatic carbocycles. The van der Waals surface area contributed by atoms with Crippen LogP contribution in [0.1, 0.15) is 10.5 Å². The molecule has 0 aliphatic heterocycles. The van der Waals surface area contributed by atoms with Crippen molar-refractivity contribution in [3.8, 4) is 0 Å². The fourth-order valence-corrected chi connectivity index (χ4v) is 1.09. The molecule has 0 radical (unpaired) electrons. The molecule has 0 aromatic carbocycles. The van der Waals surface area contributed by atoms with E-state index < -0.39 is 5.69 Å². The summed E-state index contributed by atoms with van der Waals surface area (Å²) in [4.78, 5) is 30.8. The van der Waals surface area contributed by atoms with Crippen LogP contribution in [0.5, 0.6) is 0 Å². The van der Waals surface area contributed by atoms with Crippen molar-refractivity contribution in [2.24, 2.45) is 0 Å². The van der Waals surface area contributed by atoms with Gasteiger partial charge in [-0.3, -0.25) is 9.78 Å². The Balaban J connectivity index is 2.14. The second kappa shape index (κ2) is 3.79. The van der Waals surface area contributed by atoms with Crippen molar-refractivity contribution in [2.45, 2.75) is 0 Å². The van der Waals surface area contributed by atoms with Crippen molar-refractivity contribution in [1.29, 1.82) is 0 Å². The van der Waals surface area contributed by atoms with Crippen LogP contribution < -0.4 is 11.0 Å². The van der Waals surface area contributed by atoms with Crippen LogP contribution in [0.4, 0.5) is 5.69 Å². The number of hydrogen-bond acceptors (Lipinski definition) is 3. The van der Waals surface area contributed by atoms with Gasteiger partial charge in [-0.05, 0) is 12.1 Å². The van der Waals surface area contributed by atoms with Crippen LogP contribution in [0.3, 0.4) is 0 Å². The molecule has 0 saturated carbocycles. The Kier molecular flexibility index (Phi) is 2.32. The normalized spacial score (nSPS) is 9.87. The quantitative estimate of drug-likeness (QED) is 0.659. The molecule has 0 atom stereocenters. The Labute approximate surface area is 84.4 Å². The van der Waals surface area contributed by atoms with Gasteiger partial charge in [0.15, 0.2) is 0 Å². The van der Waals surface area contributed by atoms with Crippen LogP contribution >= 0.6 is 0 Å². The van der Waals surface area contributed by atoms with Crippen LogP contribution in [0.25, 0.3) is 0 Å². The smallest absolute Gasteiger partial charge is 0.319 e. The Morgan fingerprint density at radius 1 is 1.47 bits per heavy atom. The van der Waals surface area contributed by atoms with Crippen LogP contribution in [0.15, 0.2) is 35.5 Å². The highest BCUT2D eigenvalue weighted by atomic mass is 16.2. The van der Waals surface area contributed by atoms with Crippen LogP contribution in [0.2, 0.25) is 0 Å². The number of H-pyrrole nitrogens is 2. The van der Waals surface area contributed by atoms with E-state index in [4.69, 9.17) is 0 Å². The number of rotatable bonds is 2. The molecule has 15 heavy (non-hydrogen) atoms. The van der Waals surface area contributed by atoms with E-state index in [1.54, 1.807) is 18.3 Å². The molecule has 0 unspecified atom stereocenters. The van der Waals surface area contributed by atoms with Crippen molar-refractivity contribution in [2.75, 3.05) is 5.32 Å². The van der Waals surface area contributed by atoms with E-state index in [2.05, 4.69) is 20.3 Å². The third-order valence-electron chi connectivity index (χ3n) is 1.76. The first-order valence-electron chi connectivity index (χ1n) is 4.25. The molecular weight excluding hydrogens is 196 g/mol. The average molecular weight is 204 g/mol. The summed E-state index contributed by atoms with van der Waals surface area (Å²) in [6.07, 6.45) is 4.44. The minimum atomic E-state index is -0.411. The number of hydrogen-bond donors (Lipinski definition) is 3. The Morgan fingerprint density at radius 2 is 2.33 bits per heavy atom. The molecule has 0 aliphatic rings. The van der Waals surface area contributed by atoms with E-state index in [-0.39, 0.29) is 11.6 Å². The number of aromatic amines is 2. The topological polar surface area (TPSA) is 90.6 Å². The van der Waals surface area contributed by atoms with Crippen molar-refractivity contribution in [3.63, 3.8) is 0 Å². The number of imidazole rings is 1. The molecule has 0 spiro atoms. The first-order valence-corrected chi connectivity index (χ1v) is 4.25. The molecule has 6 heteroatoms. The van der Waals surface area contributed by atoms with Gasteiger partial charge < -0.3 is 15.3 Å². The van der Waals surface area contributed by atoms with Crippen LogP contribution in [-0.2, 0) is 0 Å². The second-order valence-corrected chi connectivity index (χ2v) is 2.85. The molecule has 1 amide bonds. The van der Waals surface area contributed by atoms with Gasteiger partial charge >= 0.3 is 5.69 Å². The lowest BCUT2D eigenvalue weighted by Crippen LogP contribution is -2.13. The van der Waals surface area contributed by atoms with Gasteiger partial charge in [0.25, 0.3) is 5.91 Å². The molecule has 0 saturated heterocycles. The first-order chi connectivity index (χ1) is 7.25. The number of nitrogens with one attached hydrogen (secondary N) is 3. The second-order valence-electron chi connectivity index (χ2n) is 2.85. The Hall–Kier alpha value is -2.37. The molecule has 2 aromatic rings. The summed E-state index contributed by atoms with van der Waals surface area (Å²) >= 11 is 0. The fraction of sp³-hybridized carbons (Fsp3) is 0. The number of pyridine rings is 1. The standard InChI is InChI=1S/C9H8N4O2/c14-8(7-5-11-9(15)13-7)12-6-2-1-3-10-4-6/h1-5H,(H,12,14)(H2,11,13,15). The van der Waals surface area contributed by atoms with E-state index in [1.807, 2.05) is 0 Å². The lowest BCUT2D eigenvalue weighted by Gasteiger charge is -2.01. The zero-order valence-corrected chi connectivity index (χ0v) is 7.65. The molecule has 3 N–H and O–H groups in total. The van der Waals surface area contributed by atoms with Crippen molar-refractivity contribution in [3.05, 3.63) is 46.9 Å². The number of carbonyl (C=O) groups is 1. The van der Waals surface area contributed by atoms with E-state index in [0.717, 1.165) is 0 Å². The van der Waals surface area contributed by atoms with E-state index in [0.29, 0.717) is 5.69 Å². The predicted molar refractivity (Wildman–Crippen MR) is 53.6 cm³/mol. The number of nitrogens with zero attached hydrogens (tertiary/aromatic N) is 1. The predicted octanol–water partition coefficient (Wildman–Crippen LogP) is 0.350. The third kappa shape index (κ3) is 2.11. The lowest BCUT2D eigenvalue weighted by atomic mass is 10.4. The minimum Gasteiger partial charge on any atom is -0.319 e. The number of amides is 1. The molecule has 2 rings (SSSR count). The minimum absolute atomic E-state index is 0.184. The highest BCUT2D eigenvalue weighted by Crippen LogP contribution is 2.04. The summed E-state index contributed by atoms with van der Waals surface area (Å²) in [6, 6.07) is 3.41. The maximum atomic E-state index is 11.5. The van der Waals surface area contributed by atoms with Gasteiger partial charge in [0, 0.05) is 12.4 Å². The number of aromatic nitrogens is 3. The largest absolute Gasteiger partial charge is 0.323 e.